The number of phenols is 1. The molecule has 1 fully saturated rings. The van der Waals surface area contributed by atoms with E-state index in [1.54, 1.807) is 12.1 Å². The number of amides is 1. The summed E-state index contributed by atoms with van der Waals surface area (Å²) >= 11 is 0. The van der Waals surface area contributed by atoms with Crippen LogP contribution in [0.3, 0.4) is 0 Å². The molecule has 1 atom stereocenters. The number of benzene rings is 3. The van der Waals surface area contributed by atoms with E-state index in [9.17, 15) is 9.90 Å². The third-order valence-electron chi connectivity index (χ3n) is 6.10. The fraction of sp³-hybridized carbons (Fsp3) is 0.240. The molecule has 1 heterocycles. The monoisotopic (exact) mass is 385 g/mol. The standard InChI is InChI=1S/C25H23NO3/c27-18-13-11-17(12-14-18)24-10-5-15-26(24)25(28)29-16-23-21-8-3-1-6-19(21)20-7-2-4-9-22(20)23/h1-4,6-9,11-14,23-24,27H,5,10,15-16H2. The Morgan fingerprint density at radius 2 is 1.55 bits per heavy atom. The minimum Gasteiger partial charge on any atom is -0.508 e. The molecule has 146 valence electrons. The molecule has 0 spiro atoms. The van der Waals surface area contributed by atoms with Gasteiger partial charge in [0, 0.05) is 12.5 Å². The lowest BCUT2D eigenvalue weighted by Gasteiger charge is -2.25. The topological polar surface area (TPSA) is 49.8 Å². The van der Waals surface area contributed by atoms with Crippen LogP contribution in [0.25, 0.3) is 11.1 Å². The molecular weight excluding hydrogens is 362 g/mol. The molecule has 1 N–H and O–H groups in total. The molecule has 1 aliphatic heterocycles. The maximum Gasteiger partial charge on any atom is 0.410 e. The van der Waals surface area contributed by atoms with Crippen molar-refractivity contribution in [3.05, 3.63) is 89.5 Å². The smallest absolute Gasteiger partial charge is 0.410 e. The SMILES string of the molecule is O=C(OCC1c2ccccc2-c2ccccc21)N1CCCC1c1ccc(O)cc1. The molecule has 0 radical (unpaired) electrons. The van der Waals surface area contributed by atoms with Crippen molar-refractivity contribution >= 4 is 6.09 Å². The van der Waals surface area contributed by atoms with Crippen molar-refractivity contribution in [3.63, 3.8) is 0 Å². The number of hydrogen-bond donors (Lipinski definition) is 1. The number of hydrogen-bond acceptors (Lipinski definition) is 3. The fourth-order valence-electron chi connectivity index (χ4n) is 4.71. The Kier molecular flexibility index (Phi) is 4.47. The lowest BCUT2D eigenvalue weighted by molar-refractivity contribution is 0.0956. The van der Waals surface area contributed by atoms with E-state index >= 15 is 0 Å². The second-order valence-corrected chi connectivity index (χ2v) is 7.75. The molecule has 4 heteroatoms. The Bertz CT molecular complexity index is 998. The van der Waals surface area contributed by atoms with Gasteiger partial charge in [-0.25, -0.2) is 4.79 Å². The van der Waals surface area contributed by atoms with Gasteiger partial charge in [-0.15, -0.1) is 0 Å². The highest BCUT2D eigenvalue weighted by molar-refractivity contribution is 5.79. The van der Waals surface area contributed by atoms with Crippen molar-refractivity contribution in [2.45, 2.75) is 24.8 Å². The highest BCUT2D eigenvalue weighted by Gasteiger charge is 2.33. The predicted octanol–water partition coefficient (Wildman–Crippen LogP) is 5.48. The highest BCUT2D eigenvalue weighted by Crippen LogP contribution is 2.44. The largest absolute Gasteiger partial charge is 0.508 e. The van der Waals surface area contributed by atoms with Crippen LogP contribution in [0.5, 0.6) is 5.75 Å². The van der Waals surface area contributed by atoms with Crippen molar-refractivity contribution in [2.75, 3.05) is 13.2 Å². The van der Waals surface area contributed by atoms with Gasteiger partial charge in [0.15, 0.2) is 0 Å². The van der Waals surface area contributed by atoms with Crippen molar-refractivity contribution in [2.24, 2.45) is 0 Å². The summed E-state index contributed by atoms with van der Waals surface area (Å²) in [4.78, 5) is 14.7. The molecular formula is C25H23NO3. The van der Waals surface area contributed by atoms with Crippen LogP contribution in [0, 0.1) is 0 Å². The minimum atomic E-state index is -0.262. The molecule has 0 bridgehead atoms. The summed E-state index contributed by atoms with van der Waals surface area (Å²) < 4.78 is 5.84. The first-order valence-electron chi connectivity index (χ1n) is 10.1. The van der Waals surface area contributed by atoms with Gasteiger partial charge in [0.1, 0.15) is 12.4 Å². The molecule has 1 amide bonds. The van der Waals surface area contributed by atoms with E-state index in [0.29, 0.717) is 13.2 Å². The van der Waals surface area contributed by atoms with Crippen LogP contribution in [0.15, 0.2) is 72.8 Å². The van der Waals surface area contributed by atoms with Crippen LogP contribution in [-0.4, -0.2) is 29.3 Å². The lowest BCUT2D eigenvalue weighted by Crippen LogP contribution is -2.32. The van der Waals surface area contributed by atoms with Crippen molar-refractivity contribution in [1.82, 2.24) is 4.90 Å². The van der Waals surface area contributed by atoms with Gasteiger partial charge < -0.3 is 14.7 Å². The summed E-state index contributed by atoms with van der Waals surface area (Å²) in [6.07, 6.45) is 1.60. The van der Waals surface area contributed by atoms with E-state index in [1.807, 2.05) is 29.2 Å². The normalized spacial score (nSPS) is 17.8. The van der Waals surface area contributed by atoms with Gasteiger partial charge in [-0.3, -0.25) is 0 Å². The predicted molar refractivity (Wildman–Crippen MR) is 112 cm³/mol. The quantitative estimate of drug-likeness (QED) is 0.650. The number of carbonyl (C=O) groups excluding carboxylic acids is 1. The Labute approximate surface area is 170 Å². The number of carbonyl (C=O) groups is 1. The average molecular weight is 385 g/mol. The Morgan fingerprint density at radius 1 is 0.931 bits per heavy atom. The second-order valence-electron chi connectivity index (χ2n) is 7.75. The van der Waals surface area contributed by atoms with E-state index in [1.165, 1.54) is 22.3 Å². The fourth-order valence-corrected chi connectivity index (χ4v) is 4.71. The summed E-state index contributed by atoms with van der Waals surface area (Å²) in [5, 5.41) is 9.54. The molecule has 2 aliphatic rings. The van der Waals surface area contributed by atoms with Gasteiger partial charge in [0.25, 0.3) is 0 Å². The molecule has 1 saturated heterocycles. The maximum absolute atomic E-state index is 12.9. The van der Waals surface area contributed by atoms with Gasteiger partial charge in [-0.1, -0.05) is 60.7 Å². The number of aromatic hydroxyl groups is 1. The Balaban J connectivity index is 1.34. The Hall–Kier alpha value is -3.27. The number of rotatable bonds is 3. The zero-order valence-electron chi connectivity index (χ0n) is 16.1. The van der Waals surface area contributed by atoms with E-state index in [2.05, 4.69) is 36.4 Å². The number of phenolic OH excluding ortho intramolecular Hbond substituents is 1. The van der Waals surface area contributed by atoms with Crippen molar-refractivity contribution in [3.8, 4) is 16.9 Å². The molecule has 4 nitrogen and oxygen atoms in total. The Morgan fingerprint density at radius 3 is 2.21 bits per heavy atom. The second kappa shape index (κ2) is 7.28. The summed E-state index contributed by atoms with van der Waals surface area (Å²) in [6.45, 7) is 1.04. The van der Waals surface area contributed by atoms with E-state index in [-0.39, 0.29) is 23.8 Å². The zero-order valence-corrected chi connectivity index (χ0v) is 16.1. The maximum atomic E-state index is 12.9. The molecule has 3 aromatic carbocycles. The first kappa shape index (κ1) is 17.8. The van der Waals surface area contributed by atoms with E-state index in [4.69, 9.17) is 4.74 Å². The molecule has 0 aromatic heterocycles. The first-order chi connectivity index (χ1) is 14.2. The van der Waals surface area contributed by atoms with Gasteiger partial charge in [0.05, 0.1) is 6.04 Å². The van der Waals surface area contributed by atoms with E-state index < -0.39 is 0 Å². The van der Waals surface area contributed by atoms with Crippen LogP contribution in [-0.2, 0) is 4.74 Å². The van der Waals surface area contributed by atoms with Gasteiger partial charge in [-0.05, 0) is 52.8 Å². The summed E-state index contributed by atoms with van der Waals surface area (Å²) in [7, 11) is 0. The van der Waals surface area contributed by atoms with Crippen LogP contribution in [0.4, 0.5) is 4.79 Å². The highest BCUT2D eigenvalue weighted by atomic mass is 16.6. The minimum absolute atomic E-state index is 0.00579. The van der Waals surface area contributed by atoms with Crippen LogP contribution in [0.2, 0.25) is 0 Å². The third kappa shape index (κ3) is 3.15. The number of fused-ring (bicyclic) bond motifs is 3. The van der Waals surface area contributed by atoms with Gasteiger partial charge in [-0.2, -0.15) is 0 Å². The molecule has 1 aliphatic carbocycles. The van der Waals surface area contributed by atoms with Crippen LogP contribution in [0.1, 0.15) is 41.5 Å². The molecule has 1 unspecified atom stereocenters. The molecule has 5 rings (SSSR count). The number of ether oxygens (including phenoxy) is 1. The lowest BCUT2D eigenvalue weighted by atomic mass is 9.98. The molecule has 3 aromatic rings. The van der Waals surface area contributed by atoms with Gasteiger partial charge in [0.2, 0.25) is 0 Å². The van der Waals surface area contributed by atoms with Crippen molar-refractivity contribution in [1.29, 1.82) is 0 Å². The molecule has 0 saturated carbocycles. The van der Waals surface area contributed by atoms with E-state index in [0.717, 1.165) is 18.4 Å². The summed E-state index contributed by atoms with van der Waals surface area (Å²) in [5.41, 5.74) is 5.93. The van der Waals surface area contributed by atoms with Gasteiger partial charge >= 0.3 is 6.09 Å². The van der Waals surface area contributed by atoms with Crippen LogP contribution >= 0.6 is 0 Å². The first-order valence-corrected chi connectivity index (χ1v) is 10.1. The van der Waals surface area contributed by atoms with Crippen LogP contribution < -0.4 is 0 Å². The molecule has 29 heavy (non-hydrogen) atoms. The number of likely N-dealkylation sites (tertiary alicyclic amines) is 1. The summed E-state index contributed by atoms with van der Waals surface area (Å²) in [6, 6.07) is 23.8. The summed E-state index contributed by atoms with van der Waals surface area (Å²) in [5.74, 6) is 0.306. The van der Waals surface area contributed by atoms with Crippen molar-refractivity contribution < 1.29 is 14.6 Å². The number of nitrogens with zero attached hydrogens (tertiary/aromatic N) is 1. The third-order valence-corrected chi connectivity index (χ3v) is 6.10. The zero-order chi connectivity index (χ0) is 19.8. The average Bonchev–Trinajstić information content (AvgIpc) is 3.36.